The second-order valence-corrected chi connectivity index (χ2v) is 7.69. The lowest BCUT2D eigenvalue weighted by molar-refractivity contribution is 0.0205. The highest BCUT2D eigenvalue weighted by Gasteiger charge is 2.28. The van der Waals surface area contributed by atoms with E-state index >= 15 is 0 Å². The monoisotopic (exact) mass is 348 g/mol. The quantitative estimate of drug-likeness (QED) is 0.737. The first-order valence-electron chi connectivity index (χ1n) is 8.23. The van der Waals surface area contributed by atoms with E-state index in [2.05, 4.69) is 10.1 Å². The van der Waals surface area contributed by atoms with E-state index in [1.54, 1.807) is 9.42 Å². The Morgan fingerprint density at radius 3 is 2.67 bits per heavy atom. The molecule has 1 fully saturated rings. The highest BCUT2D eigenvalue weighted by Crippen LogP contribution is 2.33. The van der Waals surface area contributed by atoms with Crippen LogP contribution in [0.2, 0.25) is 5.02 Å². The molecule has 1 saturated heterocycles. The van der Waals surface area contributed by atoms with E-state index in [0.717, 1.165) is 29.8 Å². The molecule has 3 heterocycles. The second kappa shape index (κ2) is 6.28. The Labute approximate surface area is 147 Å². The molecule has 1 aliphatic heterocycles. The van der Waals surface area contributed by atoms with E-state index < -0.39 is 5.60 Å². The van der Waals surface area contributed by atoms with E-state index in [0.29, 0.717) is 24.0 Å². The summed E-state index contributed by atoms with van der Waals surface area (Å²) in [6, 6.07) is 1.86. The van der Waals surface area contributed by atoms with Gasteiger partial charge in [-0.2, -0.15) is 5.10 Å². The standard InChI is InChI=1S/C16H22BClN4O2/c1-16(2,3)24-15(23)21-6-4-10(5-7-21)11-9-22-13(8-12(11)18)19-14(17)20-22/h8-10H,4-7,17H2,1-3H3. The fraction of sp³-hybridized carbons (Fsp3) is 0.562. The average Bonchev–Trinajstić information content (AvgIpc) is 2.84. The van der Waals surface area contributed by atoms with Gasteiger partial charge in [0.25, 0.3) is 0 Å². The number of piperidine rings is 1. The van der Waals surface area contributed by atoms with Crippen molar-refractivity contribution in [2.24, 2.45) is 0 Å². The summed E-state index contributed by atoms with van der Waals surface area (Å²) in [6.45, 7) is 6.99. The zero-order chi connectivity index (χ0) is 17.5. The SMILES string of the molecule is Bc1nc2cc(Cl)c(C3CCN(C(=O)OC(C)(C)C)CC3)cn2n1. The smallest absolute Gasteiger partial charge is 0.410 e. The number of likely N-dealkylation sites (tertiary alicyclic amines) is 1. The number of aromatic nitrogens is 3. The summed E-state index contributed by atoms with van der Waals surface area (Å²) < 4.78 is 7.22. The number of fused-ring (bicyclic) bond motifs is 1. The maximum Gasteiger partial charge on any atom is 0.410 e. The van der Waals surface area contributed by atoms with Crippen LogP contribution in [-0.4, -0.2) is 52.1 Å². The Bertz CT molecular complexity index is 763. The van der Waals surface area contributed by atoms with Crippen molar-refractivity contribution in [2.45, 2.75) is 45.1 Å². The number of amides is 1. The van der Waals surface area contributed by atoms with Gasteiger partial charge in [-0.25, -0.2) is 14.3 Å². The van der Waals surface area contributed by atoms with Crippen LogP contribution >= 0.6 is 11.6 Å². The Balaban J connectivity index is 1.70. The topological polar surface area (TPSA) is 59.7 Å². The molecule has 0 bridgehead atoms. The summed E-state index contributed by atoms with van der Waals surface area (Å²) >= 11 is 6.45. The van der Waals surface area contributed by atoms with Gasteiger partial charge < -0.3 is 9.64 Å². The maximum atomic E-state index is 12.2. The van der Waals surface area contributed by atoms with Crippen LogP contribution in [0.3, 0.4) is 0 Å². The minimum Gasteiger partial charge on any atom is -0.444 e. The average molecular weight is 349 g/mol. The van der Waals surface area contributed by atoms with Crippen LogP contribution in [0.15, 0.2) is 12.3 Å². The predicted molar refractivity (Wildman–Crippen MR) is 96.0 cm³/mol. The van der Waals surface area contributed by atoms with Gasteiger partial charge in [-0.1, -0.05) is 11.6 Å². The van der Waals surface area contributed by atoms with Gasteiger partial charge in [0.05, 0.1) is 0 Å². The number of hydrogen-bond acceptors (Lipinski definition) is 4. The molecule has 0 atom stereocenters. The molecule has 6 nitrogen and oxygen atoms in total. The first kappa shape index (κ1) is 17.1. The van der Waals surface area contributed by atoms with E-state index in [4.69, 9.17) is 16.3 Å². The lowest BCUT2D eigenvalue weighted by atomic mass is 9.90. The molecule has 0 spiro atoms. The lowest BCUT2D eigenvalue weighted by Crippen LogP contribution is -2.41. The van der Waals surface area contributed by atoms with Crippen LogP contribution < -0.4 is 5.72 Å². The second-order valence-electron chi connectivity index (χ2n) is 7.28. The fourth-order valence-electron chi connectivity index (χ4n) is 3.03. The molecule has 0 radical (unpaired) electrons. The third-order valence-corrected chi connectivity index (χ3v) is 4.47. The van der Waals surface area contributed by atoms with Crippen molar-refractivity contribution < 1.29 is 9.53 Å². The van der Waals surface area contributed by atoms with Gasteiger partial charge in [0.2, 0.25) is 0 Å². The maximum absolute atomic E-state index is 12.2. The molecule has 2 aromatic heterocycles. The van der Waals surface area contributed by atoms with Crippen LogP contribution in [0.5, 0.6) is 0 Å². The van der Waals surface area contributed by atoms with Crippen molar-refractivity contribution in [3.63, 3.8) is 0 Å². The Hall–Kier alpha value is -1.76. The number of nitrogens with zero attached hydrogens (tertiary/aromatic N) is 4. The number of pyridine rings is 1. The highest BCUT2D eigenvalue weighted by molar-refractivity contribution is 6.32. The molecule has 8 heteroatoms. The zero-order valence-corrected chi connectivity index (χ0v) is 15.3. The molecule has 128 valence electrons. The molecule has 1 amide bonds. The van der Waals surface area contributed by atoms with E-state index in [1.165, 1.54) is 0 Å². The largest absolute Gasteiger partial charge is 0.444 e. The first-order chi connectivity index (χ1) is 11.2. The molecule has 1 aliphatic rings. The van der Waals surface area contributed by atoms with Crippen LogP contribution in [0.25, 0.3) is 5.65 Å². The summed E-state index contributed by atoms with van der Waals surface area (Å²) in [6.07, 6.45) is 3.44. The van der Waals surface area contributed by atoms with Gasteiger partial charge in [0.15, 0.2) is 13.5 Å². The van der Waals surface area contributed by atoms with Crippen LogP contribution in [0, 0.1) is 0 Å². The molecule has 24 heavy (non-hydrogen) atoms. The lowest BCUT2D eigenvalue weighted by Gasteiger charge is -2.33. The number of hydrogen-bond donors (Lipinski definition) is 0. The summed E-state index contributed by atoms with van der Waals surface area (Å²) in [5, 5.41) is 5.07. The molecule has 2 aromatic rings. The van der Waals surface area contributed by atoms with Crippen molar-refractivity contribution in [1.29, 1.82) is 0 Å². The Morgan fingerprint density at radius 2 is 2.04 bits per heavy atom. The van der Waals surface area contributed by atoms with Crippen molar-refractivity contribution in [3.05, 3.63) is 22.8 Å². The van der Waals surface area contributed by atoms with Crippen LogP contribution in [-0.2, 0) is 4.74 Å². The van der Waals surface area contributed by atoms with Gasteiger partial charge in [0, 0.05) is 30.4 Å². The fourth-order valence-corrected chi connectivity index (χ4v) is 3.33. The van der Waals surface area contributed by atoms with Gasteiger partial charge in [-0.15, -0.1) is 0 Å². The van der Waals surface area contributed by atoms with Crippen molar-refractivity contribution in [1.82, 2.24) is 19.5 Å². The van der Waals surface area contributed by atoms with Gasteiger partial charge >= 0.3 is 6.09 Å². The van der Waals surface area contributed by atoms with Crippen molar-refractivity contribution in [2.75, 3.05) is 13.1 Å². The number of carbonyl (C=O) groups excluding carboxylic acids is 1. The van der Waals surface area contributed by atoms with Crippen LogP contribution in [0.1, 0.15) is 45.1 Å². The highest BCUT2D eigenvalue weighted by atomic mass is 35.5. The van der Waals surface area contributed by atoms with E-state index in [-0.39, 0.29) is 6.09 Å². The van der Waals surface area contributed by atoms with Crippen molar-refractivity contribution in [3.8, 4) is 0 Å². The molecule has 0 unspecified atom stereocenters. The summed E-state index contributed by atoms with van der Waals surface area (Å²) in [7, 11) is 1.86. The molecule has 0 N–H and O–H groups in total. The number of rotatable bonds is 1. The first-order valence-corrected chi connectivity index (χ1v) is 8.61. The summed E-state index contributed by atoms with van der Waals surface area (Å²) in [4.78, 5) is 18.3. The normalized spacial score (nSPS) is 16.6. The Morgan fingerprint density at radius 1 is 1.38 bits per heavy atom. The molecule has 0 aliphatic carbocycles. The number of carbonyl (C=O) groups is 1. The third-order valence-electron chi connectivity index (χ3n) is 4.14. The van der Waals surface area contributed by atoms with Crippen molar-refractivity contribution >= 4 is 36.9 Å². The molecule has 0 aromatic carbocycles. The Kier molecular flexibility index (Phi) is 4.47. The number of halogens is 1. The van der Waals surface area contributed by atoms with Gasteiger partial charge in [0.1, 0.15) is 11.3 Å². The number of ether oxygens (including phenoxy) is 1. The summed E-state index contributed by atoms with van der Waals surface area (Å²) in [5.41, 5.74) is 2.08. The summed E-state index contributed by atoms with van der Waals surface area (Å²) in [5.74, 6) is 0.310. The van der Waals surface area contributed by atoms with Gasteiger partial charge in [-0.3, -0.25) is 0 Å². The molecule has 0 saturated carbocycles. The van der Waals surface area contributed by atoms with Crippen LogP contribution in [0.4, 0.5) is 4.79 Å². The molecule has 3 rings (SSSR count). The zero-order valence-electron chi connectivity index (χ0n) is 14.5. The molecular formula is C16H22BClN4O2. The van der Waals surface area contributed by atoms with Gasteiger partial charge in [-0.05, 0) is 45.1 Å². The third kappa shape index (κ3) is 3.66. The minimum atomic E-state index is -0.465. The molecular weight excluding hydrogens is 326 g/mol. The predicted octanol–water partition coefficient (Wildman–Crippen LogP) is 1.76. The minimum absolute atomic E-state index is 0.241. The van der Waals surface area contributed by atoms with E-state index in [1.807, 2.05) is 40.9 Å². The van der Waals surface area contributed by atoms with E-state index in [9.17, 15) is 4.79 Å².